The first-order valence-electron chi connectivity index (χ1n) is 43.2. The van der Waals surface area contributed by atoms with Gasteiger partial charge in [0.1, 0.15) is 90.3 Å². The van der Waals surface area contributed by atoms with Crippen molar-refractivity contribution >= 4 is 164 Å². The second kappa shape index (κ2) is 56.0. The number of para-hydroxylation sites is 2. The molecule has 42 nitrogen and oxygen atoms in total. The number of carboxylic acid groups (broad SMARTS) is 3. The van der Waals surface area contributed by atoms with Crippen molar-refractivity contribution in [3.05, 3.63) is 102 Å². The van der Waals surface area contributed by atoms with E-state index in [9.17, 15) is 102 Å². The van der Waals surface area contributed by atoms with E-state index in [1.807, 2.05) is 0 Å². The average molecular weight is 1900 g/mol. The molecular weight excluding hydrogens is 1780 g/mol. The topological polar surface area (TPSA) is 686 Å². The molecule has 5 rings (SSSR count). The fraction of sp³-hybridized carbons (Fsp3) is 0.540. The molecule has 0 fully saturated rings. The zero-order chi connectivity index (χ0) is 98.2. The number of phenolic OH excluding ortho intramolecular Hbond substituents is 1. The third-order valence-electron chi connectivity index (χ3n) is 21.2. The molecule has 0 radical (unpaired) electrons. The number of carbonyl (C=O) groups is 18. The minimum Gasteiger partial charge on any atom is -0.508 e. The van der Waals surface area contributed by atoms with Gasteiger partial charge < -0.3 is 127 Å². The van der Waals surface area contributed by atoms with Crippen LogP contribution in [0.3, 0.4) is 0 Å². The second-order valence-corrected chi connectivity index (χ2v) is 35.5. The van der Waals surface area contributed by atoms with Crippen LogP contribution in [0.5, 0.6) is 5.75 Å². The molecule has 0 saturated heterocycles. The molecule has 3 aromatic carbocycles. The molecular formula is C87H127N19O23S3. The van der Waals surface area contributed by atoms with Crippen molar-refractivity contribution in [1.29, 1.82) is 0 Å². The number of hydrogen-bond acceptors (Lipinski definition) is 25. The fourth-order valence-electron chi connectivity index (χ4n) is 13.9. The lowest BCUT2D eigenvalue weighted by molar-refractivity contribution is -0.142. The number of nitrogens with one attached hydrogen (secondary N) is 16. The first-order chi connectivity index (χ1) is 62.5. The van der Waals surface area contributed by atoms with Crippen LogP contribution in [0.25, 0.3) is 21.8 Å². The third-order valence-corrected chi connectivity index (χ3v) is 22.8. The van der Waals surface area contributed by atoms with Gasteiger partial charge in [0.25, 0.3) is 0 Å². The minimum atomic E-state index is -1.79. The highest BCUT2D eigenvalue weighted by Gasteiger charge is 2.40. The molecule has 132 heavy (non-hydrogen) atoms. The molecule has 0 aliphatic heterocycles. The molecule has 0 unspecified atom stereocenters. The number of primary amides is 1. The summed E-state index contributed by atoms with van der Waals surface area (Å²) in [5.41, 5.74) is 19.7. The number of hydrogen-bond donors (Lipinski definition) is 25. The Balaban J connectivity index is 1.33. The molecule has 0 aliphatic rings. The summed E-state index contributed by atoms with van der Waals surface area (Å²) in [6.07, 6.45) is 3.41. The summed E-state index contributed by atoms with van der Waals surface area (Å²) in [5, 5.41) is 86.9. The van der Waals surface area contributed by atoms with Crippen molar-refractivity contribution in [2.75, 3.05) is 42.9 Å². The van der Waals surface area contributed by atoms with E-state index in [1.165, 1.54) is 54.7 Å². The Hall–Kier alpha value is -12.1. The molecule has 0 bridgehead atoms. The van der Waals surface area contributed by atoms with Crippen molar-refractivity contribution in [3.63, 3.8) is 0 Å². The van der Waals surface area contributed by atoms with Gasteiger partial charge in [-0.05, 0) is 148 Å². The summed E-state index contributed by atoms with van der Waals surface area (Å²) in [6.45, 7) is 10.5. The summed E-state index contributed by atoms with van der Waals surface area (Å²) in [6, 6.07) is -3.77. The van der Waals surface area contributed by atoms with E-state index in [-0.39, 0.29) is 80.5 Å². The molecule has 0 saturated carbocycles. The number of rotatable bonds is 60. The highest BCUT2D eigenvalue weighted by molar-refractivity contribution is 7.98. The maximum absolute atomic E-state index is 15.2. The number of aliphatic hydroxyl groups excluding tert-OH is 1. The van der Waals surface area contributed by atoms with Gasteiger partial charge in [0, 0.05) is 72.1 Å². The Kier molecular flexibility index (Phi) is 46.8. The number of carboxylic acids is 3. The van der Waals surface area contributed by atoms with Gasteiger partial charge in [0.15, 0.2) is 0 Å². The van der Waals surface area contributed by atoms with E-state index < -0.39 is 248 Å². The zero-order valence-electron chi connectivity index (χ0n) is 75.2. The minimum absolute atomic E-state index is 0.0594. The van der Waals surface area contributed by atoms with Crippen LogP contribution in [0, 0.1) is 17.8 Å². The summed E-state index contributed by atoms with van der Waals surface area (Å²) in [4.78, 5) is 255. The third kappa shape index (κ3) is 36.9. The number of nitrogens with two attached hydrogens (primary N) is 3. The normalized spacial score (nSPS) is 14.8. The predicted molar refractivity (Wildman–Crippen MR) is 495 cm³/mol. The maximum atomic E-state index is 15.2. The molecule has 726 valence electrons. The van der Waals surface area contributed by atoms with Crippen LogP contribution in [-0.2, 0) is 106 Å². The number of aromatic hydroxyl groups is 1. The van der Waals surface area contributed by atoms with Crippen LogP contribution in [0.2, 0.25) is 0 Å². The predicted octanol–water partition coefficient (Wildman–Crippen LogP) is -1.49. The Labute approximate surface area is 777 Å². The number of amides is 15. The molecule has 0 spiro atoms. The number of fused-ring (bicyclic) bond motifs is 2. The van der Waals surface area contributed by atoms with Crippen LogP contribution in [-0.4, -0.2) is 276 Å². The zero-order valence-corrected chi connectivity index (χ0v) is 77.7. The number of phenols is 1. The molecule has 2 aromatic heterocycles. The number of aliphatic carboxylic acids is 3. The van der Waals surface area contributed by atoms with E-state index in [0.29, 0.717) is 57.9 Å². The highest BCUT2D eigenvalue weighted by atomic mass is 32.2. The molecule has 27 N–H and O–H groups in total. The van der Waals surface area contributed by atoms with Crippen LogP contribution >= 0.6 is 36.2 Å². The number of aliphatic hydroxyl groups is 1. The number of benzene rings is 3. The van der Waals surface area contributed by atoms with Crippen LogP contribution in [0.15, 0.2) is 85.2 Å². The van der Waals surface area contributed by atoms with Crippen molar-refractivity contribution < 1.29 is 112 Å². The summed E-state index contributed by atoms with van der Waals surface area (Å²) >= 11 is 6.75. The molecule has 5 aromatic rings. The van der Waals surface area contributed by atoms with Gasteiger partial charge in [-0.2, -0.15) is 36.2 Å². The van der Waals surface area contributed by atoms with Gasteiger partial charge in [-0.3, -0.25) is 81.5 Å². The number of unbranched alkanes of at least 4 members (excludes halogenated alkanes) is 1. The van der Waals surface area contributed by atoms with Crippen molar-refractivity contribution in [2.45, 2.75) is 235 Å². The Bertz CT molecular complexity index is 4790. The lowest BCUT2D eigenvalue weighted by Crippen LogP contribution is -2.62. The molecule has 15 amide bonds. The molecule has 0 aliphatic carbocycles. The van der Waals surface area contributed by atoms with Crippen molar-refractivity contribution in [2.24, 2.45) is 35.0 Å². The van der Waals surface area contributed by atoms with Gasteiger partial charge in [0.05, 0.1) is 19.1 Å². The lowest BCUT2D eigenvalue weighted by Gasteiger charge is -2.29. The summed E-state index contributed by atoms with van der Waals surface area (Å²) in [5.74, 6) is -20.6. The van der Waals surface area contributed by atoms with E-state index in [4.69, 9.17) is 17.2 Å². The van der Waals surface area contributed by atoms with Gasteiger partial charge in [-0.15, -0.1) is 0 Å². The first-order valence-corrected chi connectivity index (χ1v) is 46.7. The van der Waals surface area contributed by atoms with Crippen molar-refractivity contribution in [1.82, 2.24) is 84.4 Å². The highest BCUT2D eigenvalue weighted by Crippen LogP contribution is 2.24. The summed E-state index contributed by atoms with van der Waals surface area (Å²) < 4.78 is 0. The Morgan fingerprint density at radius 3 is 1.23 bits per heavy atom. The van der Waals surface area contributed by atoms with E-state index in [0.717, 1.165) is 0 Å². The van der Waals surface area contributed by atoms with Gasteiger partial charge in [0.2, 0.25) is 88.6 Å². The number of thioether (sulfide) groups is 2. The Morgan fingerprint density at radius 1 is 0.409 bits per heavy atom. The largest absolute Gasteiger partial charge is 0.508 e. The van der Waals surface area contributed by atoms with Crippen LogP contribution < -0.4 is 91.6 Å². The van der Waals surface area contributed by atoms with Gasteiger partial charge in [-0.25, -0.2) is 4.79 Å². The maximum Gasteiger partial charge on any atom is 0.326 e. The van der Waals surface area contributed by atoms with Crippen molar-refractivity contribution in [3.8, 4) is 5.75 Å². The van der Waals surface area contributed by atoms with E-state index in [1.54, 1.807) is 115 Å². The van der Waals surface area contributed by atoms with Gasteiger partial charge in [-0.1, -0.05) is 96.5 Å². The van der Waals surface area contributed by atoms with E-state index in [2.05, 4.69) is 97.0 Å². The average Bonchev–Trinajstić information content (AvgIpc) is 1.67. The lowest BCUT2D eigenvalue weighted by atomic mass is 10.00. The second-order valence-electron chi connectivity index (χ2n) is 33.1. The molecule has 2 heterocycles. The smallest absolute Gasteiger partial charge is 0.326 e. The number of aromatic amines is 2. The van der Waals surface area contributed by atoms with E-state index >= 15 is 9.59 Å². The number of thiol groups is 1. The van der Waals surface area contributed by atoms with Crippen LogP contribution in [0.1, 0.15) is 142 Å². The van der Waals surface area contributed by atoms with Crippen LogP contribution in [0.4, 0.5) is 0 Å². The number of carbonyl (C=O) groups excluding carboxylic acids is 15. The van der Waals surface area contributed by atoms with Gasteiger partial charge >= 0.3 is 17.9 Å². The summed E-state index contributed by atoms with van der Waals surface area (Å²) in [7, 11) is 0. The Morgan fingerprint density at radius 2 is 0.795 bits per heavy atom. The fourth-order valence-corrected chi connectivity index (χ4v) is 15.1. The SMILES string of the molecule is CSCC[C@H](NC(=O)[C@H](CCC(=O)O)NC(=O)[C@H](Cc1c[nH]c2ccccc12)NC(=O)[C@H](Cc1c[nH]c2ccccc12)NC(=O)[C@H](CC(=O)O)NC(=O)[C@@H](N)CCCCN)C(=O)N[C@@H](CC(C)C)C(=O)N[C@@H](CCSC)C(=O)N[C@H](C(=O)N[C@@H](CO)C(=O)N[C@@H](CC(C)C)C(=O)N[C@@H](C)C(=O)N[C@@H](CS)C(=O)N[C@@H](CCC(N)=O)C(=O)N[C@@H](Cc1ccc(O)cc1)C(=O)O)C(C)C. The monoisotopic (exact) mass is 1900 g/mol. The number of aromatic nitrogens is 2. The first kappa shape index (κ1) is 110. The molecule has 15 atom stereocenters. The number of H-pyrrole nitrogens is 2. The molecule has 45 heteroatoms. The quantitative estimate of drug-likeness (QED) is 0.0156. The standard InChI is InChI=1S/C87H127N19O23S3/c1-44(2)34-61(79(120)93-47(7)73(114)105-68(43-130)85(126)95-57(25-27-69(90)109)76(117)103-66(87(128)129)36-48-21-23-51(108)24-22-48)100-84(125)67(42-107)104-86(127)72(46(5)6)106-78(119)60(30-33-132-9)97-80(121)62(35-45(3)4)99-77(118)59(29-32-131-8)96-75(116)58(26-28-70(110)111)94-81(122)63(37-49-40-91-55-19-12-10-16-52(49)55)101-82(123)64(38-50-41-92-56-20-13-11-17-53(50)56)102-83(124)65(39-71(112)113)98-74(115)54(89)18-14-15-31-88/h10-13,16-17,19-24,40-41,44-47,54,57-68,72,91-92,107-108,130H,14-15,18,25-39,42-43,88-89H2,1-9H3,(H2,90,109)(H,93,120)(H,94,122)(H,95,126)(H,96,116)(H,97,121)(H,98,115)(H,99,118)(H,100,125)(H,101,123)(H,102,124)(H,103,117)(H,104,127)(H,105,114)(H,106,119)(H,110,111)(H,112,113)(H,128,129)/t47-,54-,57-,58-,59-,60-,61-,62-,63-,64-,65-,66-,67-,68-,72-/m0/s1.